The molecule has 0 saturated carbocycles. The maximum absolute atomic E-state index is 10.3. The largest absolute Gasteiger partial charge is 0.396 e. The Morgan fingerprint density at radius 1 is 1.25 bits per heavy atom. The van der Waals surface area contributed by atoms with Crippen molar-refractivity contribution in [2.75, 3.05) is 26.2 Å². The highest BCUT2D eigenvalue weighted by Crippen LogP contribution is 2.22. The number of benzene rings is 1. The van der Waals surface area contributed by atoms with Gasteiger partial charge in [-0.1, -0.05) is 29.3 Å². The molecular formula is C17H27NO2. The zero-order valence-electron chi connectivity index (χ0n) is 12.7. The van der Waals surface area contributed by atoms with Gasteiger partial charge in [-0.15, -0.1) is 0 Å². The molecule has 2 rings (SSSR count). The number of rotatable bonds is 5. The summed E-state index contributed by atoms with van der Waals surface area (Å²) in [6.45, 7) is 7.40. The summed E-state index contributed by atoms with van der Waals surface area (Å²) in [5, 5.41) is 19.6. The quantitative estimate of drug-likeness (QED) is 0.869. The SMILES string of the molecule is Cc1cc(C)cc(C(O)CCN2CCCC(CO)C2)c1. The second-order valence-electron chi connectivity index (χ2n) is 6.22. The molecule has 0 spiro atoms. The molecule has 112 valence electrons. The van der Waals surface area contributed by atoms with E-state index in [1.807, 2.05) is 0 Å². The van der Waals surface area contributed by atoms with Crippen molar-refractivity contribution < 1.29 is 10.2 Å². The first-order chi connectivity index (χ1) is 9.58. The minimum absolute atomic E-state index is 0.288. The van der Waals surface area contributed by atoms with Crippen LogP contribution in [-0.4, -0.2) is 41.4 Å². The molecule has 1 heterocycles. The van der Waals surface area contributed by atoms with Gasteiger partial charge in [0.25, 0.3) is 0 Å². The molecule has 1 saturated heterocycles. The van der Waals surface area contributed by atoms with Crippen LogP contribution in [0.3, 0.4) is 0 Å². The van der Waals surface area contributed by atoms with Crippen molar-refractivity contribution in [3.05, 3.63) is 34.9 Å². The molecule has 1 aromatic carbocycles. The average molecular weight is 277 g/mol. The Hall–Kier alpha value is -0.900. The normalized spacial score (nSPS) is 21.9. The van der Waals surface area contributed by atoms with Crippen molar-refractivity contribution in [2.45, 2.75) is 39.2 Å². The van der Waals surface area contributed by atoms with Crippen LogP contribution in [-0.2, 0) is 0 Å². The highest BCUT2D eigenvalue weighted by Gasteiger charge is 2.20. The van der Waals surface area contributed by atoms with E-state index in [0.717, 1.165) is 44.5 Å². The summed E-state index contributed by atoms with van der Waals surface area (Å²) in [5.74, 6) is 0.419. The van der Waals surface area contributed by atoms with Crippen LogP contribution in [0, 0.1) is 19.8 Å². The third kappa shape index (κ3) is 4.30. The minimum atomic E-state index is -0.386. The first-order valence-corrected chi connectivity index (χ1v) is 7.68. The van der Waals surface area contributed by atoms with Crippen LogP contribution in [0.2, 0.25) is 0 Å². The van der Waals surface area contributed by atoms with E-state index in [4.69, 9.17) is 0 Å². The molecule has 2 N–H and O–H groups in total. The van der Waals surface area contributed by atoms with Gasteiger partial charge in [-0.05, 0) is 51.1 Å². The molecule has 1 aliphatic heterocycles. The molecular weight excluding hydrogens is 250 g/mol. The van der Waals surface area contributed by atoms with Gasteiger partial charge in [0.2, 0.25) is 0 Å². The summed E-state index contributed by atoms with van der Waals surface area (Å²) >= 11 is 0. The maximum Gasteiger partial charge on any atom is 0.0802 e. The first kappa shape index (κ1) is 15.5. The minimum Gasteiger partial charge on any atom is -0.396 e. The third-order valence-electron chi connectivity index (χ3n) is 4.21. The average Bonchev–Trinajstić information content (AvgIpc) is 2.44. The fraction of sp³-hybridized carbons (Fsp3) is 0.647. The number of aliphatic hydroxyl groups is 2. The Morgan fingerprint density at radius 2 is 1.95 bits per heavy atom. The number of hydrogen-bond donors (Lipinski definition) is 2. The fourth-order valence-corrected chi connectivity index (χ4v) is 3.18. The van der Waals surface area contributed by atoms with E-state index >= 15 is 0 Å². The molecule has 2 unspecified atom stereocenters. The highest BCUT2D eigenvalue weighted by atomic mass is 16.3. The molecule has 0 amide bonds. The van der Waals surface area contributed by atoms with Crippen molar-refractivity contribution in [1.29, 1.82) is 0 Å². The third-order valence-corrected chi connectivity index (χ3v) is 4.21. The summed E-state index contributed by atoms with van der Waals surface area (Å²) in [7, 11) is 0. The van der Waals surface area contributed by atoms with E-state index in [2.05, 4.69) is 36.9 Å². The Bertz CT molecular complexity index is 413. The Labute approximate surface area is 122 Å². The summed E-state index contributed by atoms with van der Waals surface area (Å²) in [6.07, 6.45) is 2.67. The van der Waals surface area contributed by atoms with Crippen molar-refractivity contribution in [3.63, 3.8) is 0 Å². The Morgan fingerprint density at radius 3 is 2.60 bits per heavy atom. The molecule has 3 nitrogen and oxygen atoms in total. The van der Waals surface area contributed by atoms with Gasteiger partial charge in [0.05, 0.1) is 6.10 Å². The molecule has 0 bridgehead atoms. The van der Waals surface area contributed by atoms with Gasteiger partial charge in [0, 0.05) is 19.7 Å². The summed E-state index contributed by atoms with van der Waals surface area (Å²) in [4.78, 5) is 2.37. The lowest BCUT2D eigenvalue weighted by atomic mass is 9.97. The van der Waals surface area contributed by atoms with Crippen LogP contribution in [0.25, 0.3) is 0 Å². The van der Waals surface area contributed by atoms with E-state index in [9.17, 15) is 10.2 Å². The number of piperidine rings is 1. The number of likely N-dealkylation sites (tertiary alicyclic amines) is 1. The molecule has 20 heavy (non-hydrogen) atoms. The van der Waals surface area contributed by atoms with Crippen molar-refractivity contribution in [2.24, 2.45) is 5.92 Å². The Balaban J connectivity index is 1.86. The van der Waals surface area contributed by atoms with Gasteiger partial charge < -0.3 is 15.1 Å². The van der Waals surface area contributed by atoms with Gasteiger partial charge >= 0.3 is 0 Å². The van der Waals surface area contributed by atoms with Gasteiger partial charge in [-0.2, -0.15) is 0 Å². The standard InChI is InChI=1S/C17H27NO2/c1-13-8-14(2)10-16(9-13)17(20)5-7-18-6-3-4-15(11-18)12-19/h8-10,15,17,19-20H,3-7,11-12H2,1-2H3. The molecule has 3 heteroatoms. The van der Waals surface area contributed by atoms with E-state index in [0.29, 0.717) is 5.92 Å². The zero-order valence-corrected chi connectivity index (χ0v) is 12.7. The predicted molar refractivity (Wildman–Crippen MR) is 81.7 cm³/mol. The summed E-state index contributed by atoms with van der Waals surface area (Å²) in [6, 6.07) is 6.28. The molecule has 0 aromatic heterocycles. The monoisotopic (exact) mass is 277 g/mol. The fourth-order valence-electron chi connectivity index (χ4n) is 3.18. The summed E-state index contributed by atoms with van der Waals surface area (Å²) in [5.41, 5.74) is 3.44. The van der Waals surface area contributed by atoms with Crippen LogP contribution >= 0.6 is 0 Å². The van der Waals surface area contributed by atoms with E-state index in [-0.39, 0.29) is 12.7 Å². The van der Waals surface area contributed by atoms with Crippen LogP contribution in [0.5, 0.6) is 0 Å². The van der Waals surface area contributed by atoms with Crippen molar-refractivity contribution >= 4 is 0 Å². The molecule has 1 aromatic rings. The number of hydrogen-bond acceptors (Lipinski definition) is 3. The first-order valence-electron chi connectivity index (χ1n) is 7.68. The van der Waals surface area contributed by atoms with E-state index < -0.39 is 0 Å². The topological polar surface area (TPSA) is 43.7 Å². The lowest BCUT2D eigenvalue weighted by Crippen LogP contribution is -2.37. The van der Waals surface area contributed by atoms with Crippen LogP contribution in [0.4, 0.5) is 0 Å². The Kier molecular flexibility index (Phi) is 5.58. The predicted octanol–water partition coefficient (Wildman–Crippen LogP) is 2.43. The van der Waals surface area contributed by atoms with E-state index in [1.54, 1.807) is 0 Å². The molecule has 2 atom stereocenters. The van der Waals surface area contributed by atoms with Crippen LogP contribution in [0.15, 0.2) is 18.2 Å². The van der Waals surface area contributed by atoms with Gasteiger partial charge in [0.1, 0.15) is 0 Å². The molecule has 0 radical (unpaired) electrons. The smallest absolute Gasteiger partial charge is 0.0802 e. The summed E-state index contributed by atoms with van der Waals surface area (Å²) < 4.78 is 0. The second kappa shape index (κ2) is 7.21. The van der Waals surface area contributed by atoms with E-state index in [1.165, 1.54) is 11.1 Å². The molecule has 1 fully saturated rings. The second-order valence-corrected chi connectivity index (χ2v) is 6.22. The van der Waals surface area contributed by atoms with Gasteiger partial charge in [-0.3, -0.25) is 0 Å². The van der Waals surface area contributed by atoms with Crippen molar-refractivity contribution in [3.8, 4) is 0 Å². The van der Waals surface area contributed by atoms with Crippen molar-refractivity contribution in [1.82, 2.24) is 4.90 Å². The molecule has 0 aliphatic carbocycles. The highest BCUT2D eigenvalue weighted by molar-refractivity contribution is 5.29. The lowest BCUT2D eigenvalue weighted by Gasteiger charge is -2.32. The van der Waals surface area contributed by atoms with Crippen LogP contribution in [0.1, 0.15) is 42.1 Å². The number of nitrogens with zero attached hydrogens (tertiary/aromatic N) is 1. The van der Waals surface area contributed by atoms with Crippen LogP contribution < -0.4 is 0 Å². The zero-order chi connectivity index (χ0) is 14.5. The molecule has 1 aliphatic rings. The lowest BCUT2D eigenvalue weighted by molar-refractivity contribution is 0.0962. The number of aliphatic hydroxyl groups excluding tert-OH is 2. The van der Waals surface area contributed by atoms with Gasteiger partial charge in [0.15, 0.2) is 0 Å². The maximum atomic E-state index is 10.3. The number of aryl methyl sites for hydroxylation is 2. The van der Waals surface area contributed by atoms with Gasteiger partial charge in [-0.25, -0.2) is 0 Å².